The average molecular weight is 522 g/mol. The number of hydrogen-bond acceptors (Lipinski definition) is 4. The zero-order valence-electron chi connectivity index (χ0n) is 23.2. The number of benzene rings is 3. The Hall–Kier alpha value is -3.53. The number of Topliss-reactive ketones (excluding diaryl/α,β-unsaturated/α-hetero) is 1. The van der Waals surface area contributed by atoms with Crippen molar-refractivity contribution >= 4 is 17.5 Å². The normalized spacial score (nSPS) is 16.4. The molecule has 1 saturated carbocycles. The van der Waals surface area contributed by atoms with Gasteiger partial charge in [-0.2, -0.15) is 0 Å². The van der Waals surface area contributed by atoms with E-state index in [1.165, 1.54) is 41.5 Å². The van der Waals surface area contributed by atoms with Crippen molar-refractivity contribution in [1.82, 2.24) is 0 Å². The molecule has 0 unspecified atom stereocenters. The highest BCUT2D eigenvalue weighted by atomic mass is 16.7. The van der Waals surface area contributed by atoms with E-state index in [-0.39, 0.29) is 11.2 Å². The molecular weight excluding hydrogens is 482 g/mol. The van der Waals surface area contributed by atoms with Crippen LogP contribution in [0.25, 0.3) is 11.1 Å². The summed E-state index contributed by atoms with van der Waals surface area (Å²) in [6, 6.07) is 23.7. The van der Waals surface area contributed by atoms with Crippen LogP contribution < -0.4 is 0 Å². The van der Waals surface area contributed by atoms with Gasteiger partial charge in [-0.25, -0.2) is 4.79 Å². The maximum atomic E-state index is 14.0. The summed E-state index contributed by atoms with van der Waals surface area (Å²) in [5.74, 6) is -0.296. The van der Waals surface area contributed by atoms with Crippen molar-refractivity contribution < 1.29 is 14.4 Å². The number of hydrogen-bond donors (Lipinski definition) is 0. The summed E-state index contributed by atoms with van der Waals surface area (Å²) in [4.78, 5) is 32.1. The molecule has 0 N–H and O–H groups in total. The van der Waals surface area contributed by atoms with Crippen LogP contribution in [0.1, 0.15) is 110 Å². The molecule has 0 heterocycles. The smallest absolute Gasteiger partial charge is 0.312 e. The first kappa shape index (κ1) is 27.1. The molecular formula is C35H39NO3. The SMILES string of the molecule is CCCC1(CCC)c2ccccc2-c2ccc(C(=O)/C(CC3CCCCC3)=N/OC(=O)c3ccccc3)cc21. The second-order valence-corrected chi connectivity index (χ2v) is 11.2. The molecule has 0 aliphatic heterocycles. The van der Waals surface area contributed by atoms with Crippen LogP contribution in [0.15, 0.2) is 78.0 Å². The van der Waals surface area contributed by atoms with Gasteiger partial charge in [-0.15, -0.1) is 0 Å². The summed E-state index contributed by atoms with van der Waals surface area (Å²) >= 11 is 0. The van der Waals surface area contributed by atoms with Gasteiger partial charge in [-0.1, -0.05) is 119 Å². The van der Waals surface area contributed by atoms with Crippen LogP contribution in [0.2, 0.25) is 0 Å². The van der Waals surface area contributed by atoms with Crippen molar-refractivity contribution in [1.29, 1.82) is 0 Å². The van der Waals surface area contributed by atoms with Crippen LogP contribution in [0.5, 0.6) is 0 Å². The van der Waals surface area contributed by atoms with E-state index in [9.17, 15) is 9.59 Å². The number of rotatable bonds is 10. The minimum absolute atomic E-state index is 0.0911. The lowest BCUT2D eigenvalue weighted by Crippen LogP contribution is -2.26. The van der Waals surface area contributed by atoms with Gasteiger partial charge in [0.2, 0.25) is 5.78 Å². The summed E-state index contributed by atoms with van der Waals surface area (Å²) in [5, 5.41) is 4.23. The molecule has 1 fully saturated rings. The molecule has 5 rings (SSSR count). The monoisotopic (exact) mass is 521 g/mol. The number of ketones is 1. The lowest BCUT2D eigenvalue weighted by molar-refractivity contribution is 0.0514. The van der Waals surface area contributed by atoms with Crippen molar-refractivity contribution in [3.05, 3.63) is 95.1 Å². The molecule has 0 spiro atoms. The quantitative estimate of drug-likeness (QED) is 0.116. The Balaban J connectivity index is 1.51. The molecule has 202 valence electrons. The number of carbonyl (C=O) groups excluding carboxylic acids is 2. The molecule has 2 aliphatic rings. The van der Waals surface area contributed by atoms with Crippen molar-refractivity contribution in [2.24, 2.45) is 11.1 Å². The van der Waals surface area contributed by atoms with Gasteiger partial charge in [0.25, 0.3) is 0 Å². The van der Waals surface area contributed by atoms with Crippen LogP contribution >= 0.6 is 0 Å². The Morgan fingerprint density at radius 3 is 2.18 bits per heavy atom. The fraction of sp³-hybridized carbons (Fsp3) is 0.400. The first-order valence-electron chi connectivity index (χ1n) is 14.7. The first-order chi connectivity index (χ1) is 19.1. The first-order valence-corrected chi connectivity index (χ1v) is 14.7. The maximum Gasteiger partial charge on any atom is 0.365 e. The molecule has 4 heteroatoms. The zero-order chi connectivity index (χ0) is 27.2. The molecule has 4 nitrogen and oxygen atoms in total. The van der Waals surface area contributed by atoms with E-state index in [0.29, 0.717) is 29.2 Å². The van der Waals surface area contributed by atoms with Crippen molar-refractivity contribution in [2.75, 3.05) is 0 Å². The third-order valence-corrected chi connectivity index (χ3v) is 8.60. The summed E-state index contributed by atoms with van der Waals surface area (Å²) in [5.41, 5.74) is 6.43. The lowest BCUT2D eigenvalue weighted by Gasteiger charge is -2.32. The third kappa shape index (κ3) is 5.48. The summed E-state index contributed by atoms with van der Waals surface area (Å²) in [6.07, 6.45) is 10.5. The molecule has 2 aliphatic carbocycles. The molecule has 0 bridgehead atoms. The van der Waals surface area contributed by atoms with Gasteiger partial charge < -0.3 is 4.84 Å². The molecule has 3 aromatic carbocycles. The van der Waals surface area contributed by atoms with E-state index in [4.69, 9.17) is 4.84 Å². The van der Waals surface area contributed by atoms with Crippen molar-refractivity contribution in [3.63, 3.8) is 0 Å². The van der Waals surface area contributed by atoms with Crippen LogP contribution in [-0.4, -0.2) is 17.5 Å². The highest BCUT2D eigenvalue weighted by molar-refractivity contribution is 6.46. The number of nitrogens with zero attached hydrogens (tertiary/aromatic N) is 1. The van der Waals surface area contributed by atoms with Gasteiger partial charge in [0, 0.05) is 11.0 Å². The van der Waals surface area contributed by atoms with Gasteiger partial charge in [0.05, 0.1) is 5.56 Å². The summed E-state index contributed by atoms with van der Waals surface area (Å²) < 4.78 is 0. The molecule has 0 atom stereocenters. The standard InChI is InChI=1S/C35H39NO3/c1-3-21-35(22-4-2)30-18-12-11-17-28(30)29-20-19-27(24-31(29)35)33(37)32(23-25-13-7-5-8-14-25)36-39-34(38)26-15-9-6-10-16-26/h6,9-12,15-20,24-25H,3-5,7-8,13-14,21-23H2,1-2H3/b36-32+. The summed E-state index contributed by atoms with van der Waals surface area (Å²) in [6.45, 7) is 4.48. The van der Waals surface area contributed by atoms with E-state index in [1.54, 1.807) is 24.3 Å². The van der Waals surface area contributed by atoms with Gasteiger partial charge in [-0.3, -0.25) is 4.79 Å². The Labute approximate surface area is 232 Å². The van der Waals surface area contributed by atoms with Crippen LogP contribution in [0.3, 0.4) is 0 Å². The van der Waals surface area contributed by atoms with E-state index in [1.807, 2.05) is 12.1 Å². The number of oxime groups is 1. The van der Waals surface area contributed by atoms with Crippen LogP contribution in [0.4, 0.5) is 0 Å². The predicted octanol–water partition coefficient (Wildman–Crippen LogP) is 8.92. The Morgan fingerprint density at radius 1 is 0.795 bits per heavy atom. The summed E-state index contributed by atoms with van der Waals surface area (Å²) in [7, 11) is 0. The van der Waals surface area contributed by atoms with Gasteiger partial charge >= 0.3 is 5.97 Å². The number of fused-ring (bicyclic) bond motifs is 3. The minimum atomic E-state index is -0.543. The topological polar surface area (TPSA) is 55.7 Å². The fourth-order valence-corrected chi connectivity index (χ4v) is 6.84. The maximum absolute atomic E-state index is 14.0. The van der Waals surface area contributed by atoms with Crippen LogP contribution in [0, 0.1) is 5.92 Å². The molecule has 0 saturated heterocycles. The van der Waals surface area contributed by atoms with Crippen LogP contribution in [-0.2, 0) is 10.3 Å². The van der Waals surface area contributed by atoms with Gasteiger partial charge in [-0.05, 0) is 65.6 Å². The fourth-order valence-electron chi connectivity index (χ4n) is 6.84. The van der Waals surface area contributed by atoms with E-state index < -0.39 is 5.97 Å². The van der Waals surface area contributed by atoms with E-state index in [2.05, 4.69) is 55.4 Å². The van der Waals surface area contributed by atoms with Crippen molar-refractivity contribution in [3.8, 4) is 11.1 Å². The zero-order valence-corrected chi connectivity index (χ0v) is 23.2. The Kier molecular flexibility index (Phi) is 8.40. The molecule has 0 aromatic heterocycles. The lowest BCUT2D eigenvalue weighted by atomic mass is 9.71. The van der Waals surface area contributed by atoms with Gasteiger partial charge in [0.1, 0.15) is 5.71 Å². The molecule has 3 aromatic rings. The Bertz CT molecular complexity index is 1350. The highest BCUT2D eigenvalue weighted by Gasteiger charge is 2.42. The number of carbonyl (C=O) groups is 2. The molecule has 0 radical (unpaired) electrons. The predicted molar refractivity (Wildman–Crippen MR) is 157 cm³/mol. The molecule has 39 heavy (non-hydrogen) atoms. The van der Waals surface area contributed by atoms with E-state index >= 15 is 0 Å². The second-order valence-electron chi connectivity index (χ2n) is 11.2. The molecule has 0 amide bonds. The Morgan fingerprint density at radius 2 is 1.46 bits per heavy atom. The average Bonchev–Trinajstić information content (AvgIpc) is 3.25. The largest absolute Gasteiger partial charge is 0.365 e. The highest BCUT2D eigenvalue weighted by Crippen LogP contribution is 2.53. The van der Waals surface area contributed by atoms with Gasteiger partial charge in [0.15, 0.2) is 0 Å². The second kappa shape index (κ2) is 12.1. The van der Waals surface area contributed by atoms with E-state index in [0.717, 1.165) is 38.5 Å². The van der Waals surface area contributed by atoms with Crippen molar-refractivity contribution in [2.45, 2.75) is 83.5 Å². The minimum Gasteiger partial charge on any atom is -0.312 e. The third-order valence-electron chi connectivity index (χ3n) is 8.60.